The molecular weight excluding hydrogens is 336 g/mol. The van der Waals surface area contributed by atoms with E-state index < -0.39 is 0 Å². The lowest BCUT2D eigenvalue weighted by atomic mass is 9.78. The Morgan fingerprint density at radius 1 is 0.815 bits per heavy atom. The van der Waals surface area contributed by atoms with Gasteiger partial charge in [-0.2, -0.15) is 0 Å². The summed E-state index contributed by atoms with van der Waals surface area (Å²) >= 11 is 0. The Morgan fingerprint density at radius 2 is 1.30 bits per heavy atom. The standard InChI is InChI=1S/C24H30O3/c1-24(2,19-5-9-21(10-6-19)25-15-13-18-3-4-18)20-7-11-22(12-8-20)26-16-14-23-17-27-23/h5-12,18,23H,3-4,13-17H2,1-2H3. The Bertz CT molecular complexity index is 662. The van der Waals surface area contributed by atoms with E-state index in [1.165, 1.54) is 30.4 Å². The second kappa shape index (κ2) is 7.93. The lowest BCUT2D eigenvalue weighted by Gasteiger charge is -2.26. The highest BCUT2D eigenvalue weighted by atomic mass is 16.6. The fourth-order valence-electron chi connectivity index (χ4n) is 3.40. The van der Waals surface area contributed by atoms with Gasteiger partial charge < -0.3 is 14.2 Å². The van der Waals surface area contributed by atoms with Crippen molar-refractivity contribution in [2.75, 3.05) is 19.8 Å². The van der Waals surface area contributed by atoms with Crippen molar-refractivity contribution in [1.82, 2.24) is 0 Å². The van der Waals surface area contributed by atoms with Crippen LogP contribution in [0.5, 0.6) is 11.5 Å². The van der Waals surface area contributed by atoms with Crippen LogP contribution in [0.3, 0.4) is 0 Å². The van der Waals surface area contributed by atoms with Crippen LogP contribution in [0, 0.1) is 5.92 Å². The first-order valence-corrected chi connectivity index (χ1v) is 10.2. The quantitative estimate of drug-likeness (QED) is 0.531. The highest BCUT2D eigenvalue weighted by molar-refractivity contribution is 5.41. The van der Waals surface area contributed by atoms with Gasteiger partial charge in [0.25, 0.3) is 0 Å². The van der Waals surface area contributed by atoms with Gasteiger partial charge in [0.15, 0.2) is 0 Å². The number of ether oxygens (including phenoxy) is 3. The molecule has 2 fully saturated rings. The molecule has 0 N–H and O–H groups in total. The number of benzene rings is 2. The van der Waals surface area contributed by atoms with Crippen molar-refractivity contribution in [1.29, 1.82) is 0 Å². The summed E-state index contributed by atoms with van der Waals surface area (Å²) in [6.45, 7) is 6.96. The molecule has 0 bridgehead atoms. The molecule has 3 nitrogen and oxygen atoms in total. The van der Waals surface area contributed by atoms with E-state index in [2.05, 4.69) is 62.4 Å². The molecular formula is C24H30O3. The van der Waals surface area contributed by atoms with E-state index in [0.29, 0.717) is 6.10 Å². The van der Waals surface area contributed by atoms with Gasteiger partial charge >= 0.3 is 0 Å². The summed E-state index contributed by atoms with van der Waals surface area (Å²) in [5, 5.41) is 0. The summed E-state index contributed by atoms with van der Waals surface area (Å²) in [6, 6.07) is 17.0. The monoisotopic (exact) mass is 366 g/mol. The summed E-state index contributed by atoms with van der Waals surface area (Å²) in [7, 11) is 0. The van der Waals surface area contributed by atoms with Crippen LogP contribution < -0.4 is 9.47 Å². The second-order valence-corrected chi connectivity index (χ2v) is 8.35. The number of epoxide rings is 1. The van der Waals surface area contributed by atoms with E-state index in [9.17, 15) is 0 Å². The van der Waals surface area contributed by atoms with Crippen LogP contribution in [0.25, 0.3) is 0 Å². The predicted octanol–water partition coefficient (Wildman–Crippen LogP) is 5.36. The Hall–Kier alpha value is -2.00. The Balaban J connectivity index is 1.34. The average Bonchev–Trinajstić information content (AvgIpc) is 3.58. The van der Waals surface area contributed by atoms with E-state index in [0.717, 1.165) is 43.7 Å². The van der Waals surface area contributed by atoms with Gasteiger partial charge in [0.05, 0.1) is 25.9 Å². The van der Waals surface area contributed by atoms with Crippen molar-refractivity contribution in [2.45, 2.75) is 51.0 Å². The molecule has 27 heavy (non-hydrogen) atoms. The average molecular weight is 367 g/mol. The second-order valence-electron chi connectivity index (χ2n) is 8.35. The summed E-state index contributed by atoms with van der Waals surface area (Å²) in [6.07, 6.45) is 5.35. The lowest BCUT2D eigenvalue weighted by Crippen LogP contribution is -2.18. The molecule has 2 aliphatic rings. The van der Waals surface area contributed by atoms with E-state index in [-0.39, 0.29) is 5.41 Å². The van der Waals surface area contributed by atoms with Crippen LogP contribution in [0.1, 0.15) is 50.7 Å². The minimum Gasteiger partial charge on any atom is -0.494 e. The van der Waals surface area contributed by atoms with E-state index in [4.69, 9.17) is 14.2 Å². The number of hydrogen-bond donors (Lipinski definition) is 0. The van der Waals surface area contributed by atoms with Crippen molar-refractivity contribution in [3.63, 3.8) is 0 Å². The molecule has 144 valence electrons. The number of hydrogen-bond acceptors (Lipinski definition) is 3. The summed E-state index contributed by atoms with van der Waals surface area (Å²) in [4.78, 5) is 0. The normalized spacial score (nSPS) is 19.0. The molecule has 1 unspecified atom stereocenters. The third kappa shape index (κ3) is 5.04. The van der Waals surface area contributed by atoms with Gasteiger partial charge in [-0.3, -0.25) is 0 Å². The van der Waals surface area contributed by atoms with Gasteiger partial charge in [-0.1, -0.05) is 51.0 Å². The van der Waals surface area contributed by atoms with Crippen molar-refractivity contribution >= 4 is 0 Å². The molecule has 2 aromatic rings. The Morgan fingerprint density at radius 3 is 1.74 bits per heavy atom. The van der Waals surface area contributed by atoms with Crippen LogP contribution in [-0.2, 0) is 10.2 Å². The zero-order valence-electron chi connectivity index (χ0n) is 16.4. The van der Waals surface area contributed by atoms with Crippen LogP contribution in [0.4, 0.5) is 0 Å². The van der Waals surface area contributed by atoms with E-state index >= 15 is 0 Å². The molecule has 4 rings (SSSR count). The fraction of sp³-hybridized carbons (Fsp3) is 0.500. The molecule has 1 aliphatic heterocycles. The topological polar surface area (TPSA) is 31.0 Å². The SMILES string of the molecule is CC(C)(c1ccc(OCCC2CC2)cc1)c1ccc(OCCC2CO2)cc1. The zero-order valence-corrected chi connectivity index (χ0v) is 16.4. The smallest absolute Gasteiger partial charge is 0.119 e. The first kappa shape index (κ1) is 18.4. The van der Waals surface area contributed by atoms with Gasteiger partial charge in [-0.05, 0) is 47.7 Å². The molecule has 1 heterocycles. The van der Waals surface area contributed by atoms with Crippen LogP contribution in [0.15, 0.2) is 48.5 Å². The Kier molecular flexibility index (Phi) is 5.40. The molecule has 2 aromatic carbocycles. The lowest BCUT2D eigenvalue weighted by molar-refractivity contribution is 0.283. The fourth-order valence-corrected chi connectivity index (χ4v) is 3.40. The van der Waals surface area contributed by atoms with Gasteiger partial charge in [0.2, 0.25) is 0 Å². The largest absolute Gasteiger partial charge is 0.494 e. The molecule has 0 spiro atoms. The molecule has 0 aromatic heterocycles. The molecule has 1 aliphatic carbocycles. The molecule has 1 atom stereocenters. The highest BCUT2D eigenvalue weighted by Crippen LogP contribution is 2.34. The third-order valence-corrected chi connectivity index (χ3v) is 5.75. The van der Waals surface area contributed by atoms with Crippen molar-refractivity contribution in [3.05, 3.63) is 59.7 Å². The molecule has 0 radical (unpaired) electrons. The molecule has 3 heteroatoms. The zero-order chi connectivity index (χ0) is 18.7. The van der Waals surface area contributed by atoms with Gasteiger partial charge in [-0.25, -0.2) is 0 Å². The van der Waals surface area contributed by atoms with Crippen molar-refractivity contribution < 1.29 is 14.2 Å². The molecule has 1 saturated heterocycles. The minimum absolute atomic E-state index is 0.0626. The summed E-state index contributed by atoms with van der Waals surface area (Å²) < 4.78 is 16.9. The summed E-state index contributed by atoms with van der Waals surface area (Å²) in [5.41, 5.74) is 2.51. The molecule has 1 saturated carbocycles. The van der Waals surface area contributed by atoms with Crippen LogP contribution in [-0.4, -0.2) is 25.9 Å². The van der Waals surface area contributed by atoms with Gasteiger partial charge in [0, 0.05) is 11.8 Å². The van der Waals surface area contributed by atoms with Crippen LogP contribution in [0.2, 0.25) is 0 Å². The van der Waals surface area contributed by atoms with Crippen molar-refractivity contribution in [3.8, 4) is 11.5 Å². The maximum Gasteiger partial charge on any atom is 0.119 e. The van der Waals surface area contributed by atoms with Crippen molar-refractivity contribution in [2.24, 2.45) is 5.92 Å². The maximum atomic E-state index is 5.88. The first-order chi connectivity index (χ1) is 13.1. The summed E-state index contributed by atoms with van der Waals surface area (Å²) in [5.74, 6) is 2.81. The molecule has 0 amide bonds. The highest BCUT2D eigenvalue weighted by Gasteiger charge is 2.24. The van der Waals surface area contributed by atoms with E-state index in [1.54, 1.807) is 0 Å². The maximum absolute atomic E-state index is 5.88. The third-order valence-electron chi connectivity index (χ3n) is 5.75. The van der Waals surface area contributed by atoms with Crippen LogP contribution >= 0.6 is 0 Å². The van der Waals surface area contributed by atoms with Gasteiger partial charge in [0.1, 0.15) is 11.5 Å². The first-order valence-electron chi connectivity index (χ1n) is 10.2. The number of rotatable bonds is 10. The minimum atomic E-state index is -0.0626. The van der Waals surface area contributed by atoms with Gasteiger partial charge in [-0.15, -0.1) is 0 Å². The Labute approximate surface area is 162 Å². The predicted molar refractivity (Wildman–Crippen MR) is 108 cm³/mol. The van der Waals surface area contributed by atoms with E-state index in [1.807, 2.05) is 0 Å².